The summed E-state index contributed by atoms with van der Waals surface area (Å²) in [5.74, 6) is 0. The van der Waals surface area contributed by atoms with Gasteiger partial charge in [0.15, 0.2) is 0 Å². The second-order valence-corrected chi connectivity index (χ2v) is 7.88. The van der Waals surface area contributed by atoms with Crippen molar-refractivity contribution in [1.29, 1.82) is 0 Å². The molecule has 5 nitrogen and oxygen atoms in total. The van der Waals surface area contributed by atoms with Gasteiger partial charge in [0.2, 0.25) is 10.0 Å². The lowest BCUT2D eigenvalue weighted by Crippen LogP contribution is -2.33. The third-order valence-electron chi connectivity index (χ3n) is 4.01. The van der Waals surface area contributed by atoms with E-state index in [1.165, 1.54) is 0 Å². The van der Waals surface area contributed by atoms with Gasteiger partial charge in [0.05, 0.1) is 17.6 Å². The summed E-state index contributed by atoms with van der Waals surface area (Å²) in [4.78, 5) is 0.304. The van der Waals surface area contributed by atoms with E-state index in [2.05, 4.69) is 18.9 Å². The van der Waals surface area contributed by atoms with E-state index in [-0.39, 0.29) is 0 Å². The fourth-order valence-corrected chi connectivity index (χ4v) is 4.23. The zero-order chi connectivity index (χ0) is 17.6. The molecule has 1 aromatic heterocycles. The Balaban J connectivity index is 2.34. The lowest BCUT2D eigenvalue weighted by molar-refractivity contribution is 0.395. The van der Waals surface area contributed by atoms with Gasteiger partial charge in [-0.05, 0) is 31.9 Å². The Bertz CT molecular complexity index is 731. The smallest absolute Gasteiger partial charge is 0.239 e. The Hall–Kier alpha value is -1.66. The number of aryl methyl sites for hydroxylation is 1. The van der Waals surface area contributed by atoms with E-state index < -0.39 is 10.0 Å². The molecule has 0 aliphatic carbocycles. The van der Waals surface area contributed by atoms with Gasteiger partial charge in [0.25, 0.3) is 0 Å². The molecule has 0 spiro atoms. The molecule has 0 fully saturated rings. The highest BCUT2D eigenvalue weighted by Gasteiger charge is 2.27. The maximum Gasteiger partial charge on any atom is 0.246 e. The van der Waals surface area contributed by atoms with Crippen molar-refractivity contribution in [2.45, 2.75) is 51.3 Å². The van der Waals surface area contributed by atoms with Crippen molar-refractivity contribution < 1.29 is 8.42 Å². The summed E-state index contributed by atoms with van der Waals surface area (Å²) in [7, 11) is -3.51. The van der Waals surface area contributed by atoms with E-state index >= 15 is 0 Å². The van der Waals surface area contributed by atoms with Gasteiger partial charge < -0.3 is 0 Å². The van der Waals surface area contributed by atoms with Crippen LogP contribution in [-0.2, 0) is 10.0 Å². The second-order valence-electron chi connectivity index (χ2n) is 5.97. The highest BCUT2D eigenvalue weighted by Crippen LogP contribution is 2.22. The first-order valence-corrected chi connectivity index (χ1v) is 10.1. The number of sulfonamides is 1. The summed E-state index contributed by atoms with van der Waals surface area (Å²) in [6.45, 7) is 7.03. The molecule has 0 aliphatic heterocycles. The zero-order valence-electron chi connectivity index (χ0n) is 14.8. The van der Waals surface area contributed by atoms with E-state index in [0.29, 0.717) is 23.7 Å². The van der Waals surface area contributed by atoms with Gasteiger partial charge in [-0.25, -0.2) is 13.1 Å². The highest BCUT2D eigenvalue weighted by atomic mass is 32.2. The van der Waals surface area contributed by atoms with Crippen molar-refractivity contribution in [2.75, 3.05) is 13.1 Å². The second kappa shape index (κ2) is 8.44. The van der Waals surface area contributed by atoms with E-state index in [1.807, 2.05) is 30.3 Å². The van der Waals surface area contributed by atoms with Crippen LogP contribution in [0, 0.1) is 6.92 Å². The van der Waals surface area contributed by atoms with Gasteiger partial charge in [-0.3, -0.25) is 0 Å². The molecular weight excluding hydrogens is 322 g/mol. The predicted molar refractivity (Wildman–Crippen MR) is 96.9 cm³/mol. The molecule has 0 unspecified atom stereocenters. The van der Waals surface area contributed by atoms with Gasteiger partial charge in [-0.15, -0.1) is 0 Å². The molecule has 0 saturated carbocycles. The molecule has 0 aliphatic rings. The minimum absolute atomic E-state index is 0.304. The third-order valence-corrected chi connectivity index (χ3v) is 6.02. The summed E-state index contributed by atoms with van der Waals surface area (Å²) < 4.78 is 29.4. The molecule has 1 heterocycles. The fourth-order valence-electron chi connectivity index (χ4n) is 2.57. The van der Waals surface area contributed by atoms with Crippen LogP contribution in [-0.4, -0.2) is 35.6 Å². The SMILES string of the molecule is CCCCN(CCCC)S(=O)(=O)c1cn(-c2ccccc2)nc1C. The zero-order valence-corrected chi connectivity index (χ0v) is 15.6. The summed E-state index contributed by atoms with van der Waals surface area (Å²) in [6.07, 6.45) is 5.31. The van der Waals surface area contributed by atoms with Crippen molar-refractivity contribution in [3.63, 3.8) is 0 Å². The minimum atomic E-state index is -3.51. The average Bonchev–Trinajstić information content (AvgIpc) is 2.98. The van der Waals surface area contributed by atoms with Crippen LogP contribution in [0.15, 0.2) is 41.4 Å². The molecular formula is C18H27N3O2S. The maximum atomic E-state index is 13.1. The molecule has 2 aromatic rings. The monoisotopic (exact) mass is 349 g/mol. The van der Waals surface area contributed by atoms with E-state index in [4.69, 9.17) is 0 Å². The molecule has 0 amide bonds. The molecule has 0 saturated heterocycles. The number of unbranched alkanes of at least 4 members (excludes halogenated alkanes) is 2. The van der Waals surface area contributed by atoms with Gasteiger partial charge >= 0.3 is 0 Å². The number of rotatable bonds is 9. The van der Waals surface area contributed by atoms with Crippen LogP contribution in [0.4, 0.5) is 0 Å². The molecule has 2 rings (SSSR count). The maximum absolute atomic E-state index is 13.1. The quantitative estimate of drug-likeness (QED) is 0.692. The van der Waals surface area contributed by atoms with Crippen LogP contribution in [0.1, 0.15) is 45.2 Å². The van der Waals surface area contributed by atoms with Crippen LogP contribution in [0.3, 0.4) is 0 Å². The Morgan fingerprint density at radius 3 is 2.17 bits per heavy atom. The topological polar surface area (TPSA) is 55.2 Å². The Morgan fingerprint density at radius 1 is 1.04 bits per heavy atom. The summed E-state index contributed by atoms with van der Waals surface area (Å²) >= 11 is 0. The van der Waals surface area contributed by atoms with Crippen molar-refractivity contribution in [3.8, 4) is 5.69 Å². The number of hydrogen-bond acceptors (Lipinski definition) is 3. The summed E-state index contributed by atoms with van der Waals surface area (Å²) in [5.41, 5.74) is 1.40. The van der Waals surface area contributed by atoms with Crippen molar-refractivity contribution in [3.05, 3.63) is 42.2 Å². The molecule has 0 bridgehead atoms. The first kappa shape index (κ1) is 18.7. The van der Waals surface area contributed by atoms with Gasteiger partial charge in [0, 0.05) is 13.1 Å². The normalized spacial score (nSPS) is 12.0. The van der Waals surface area contributed by atoms with Crippen molar-refractivity contribution in [1.82, 2.24) is 14.1 Å². The predicted octanol–water partition coefficient (Wildman–Crippen LogP) is 3.77. The van der Waals surface area contributed by atoms with Crippen molar-refractivity contribution in [2.24, 2.45) is 0 Å². The first-order chi connectivity index (χ1) is 11.5. The third kappa shape index (κ3) is 4.24. The lowest BCUT2D eigenvalue weighted by Gasteiger charge is -2.21. The molecule has 0 atom stereocenters. The van der Waals surface area contributed by atoms with E-state index in [0.717, 1.165) is 31.4 Å². The highest BCUT2D eigenvalue weighted by molar-refractivity contribution is 7.89. The standard InChI is InChI=1S/C18H27N3O2S/c1-4-6-13-20(14-7-5-2)24(22,23)18-15-21(19-16(18)3)17-11-9-8-10-12-17/h8-12,15H,4-7,13-14H2,1-3H3. The molecule has 0 N–H and O–H groups in total. The Kier molecular flexibility index (Phi) is 6.57. The molecule has 6 heteroatoms. The first-order valence-electron chi connectivity index (χ1n) is 8.62. The largest absolute Gasteiger partial charge is 0.246 e. The van der Waals surface area contributed by atoms with Crippen LogP contribution < -0.4 is 0 Å². The minimum Gasteiger partial charge on any atom is -0.239 e. The van der Waals surface area contributed by atoms with E-state index in [1.54, 1.807) is 22.1 Å². The summed E-state index contributed by atoms with van der Waals surface area (Å²) in [5, 5.41) is 4.40. The number of benzene rings is 1. The molecule has 132 valence electrons. The van der Waals surface area contributed by atoms with Crippen LogP contribution in [0.5, 0.6) is 0 Å². The Labute approximate surface area is 145 Å². The van der Waals surface area contributed by atoms with E-state index in [9.17, 15) is 8.42 Å². The van der Waals surface area contributed by atoms with Crippen LogP contribution in [0.25, 0.3) is 5.69 Å². The van der Waals surface area contributed by atoms with Crippen molar-refractivity contribution >= 4 is 10.0 Å². The van der Waals surface area contributed by atoms with Crippen LogP contribution >= 0.6 is 0 Å². The fraction of sp³-hybridized carbons (Fsp3) is 0.500. The van der Waals surface area contributed by atoms with Gasteiger partial charge in [-0.2, -0.15) is 9.40 Å². The molecule has 0 radical (unpaired) electrons. The van der Waals surface area contributed by atoms with Gasteiger partial charge in [-0.1, -0.05) is 44.9 Å². The number of hydrogen-bond donors (Lipinski definition) is 0. The average molecular weight is 350 g/mol. The van der Waals surface area contributed by atoms with Crippen LogP contribution in [0.2, 0.25) is 0 Å². The molecule has 24 heavy (non-hydrogen) atoms. The molecule has 1 aromatic carbocycles. The number of nitrogens with zero attached hydrogens (tertiary/aromatic N) is 3. The number of aromatic nitrogens is 2. The lowest BCUT2D eigenvalue weighted by atomic mass is 10.3. The van der Waals surface area contributed by atoms with Gasteiger partial charge in [0.1, 0.15) is 4.90 Å². The summed E-state index contributed by atoms with van der Waals surface area (Å²) in [6, 6.07) is 9.57. The Morgan fingerprint density at radius 2 is 1.62 bits per heavy atom. The number of para-hydroxylation sites is 1.